The lowest BCUT2D eigenvalue weighted by molar-refractivity contribution is -0.118. The van der Waals surface area contributed by atoms with Gasteiger partial charge in [-0.3, -0.25) is 4.79 Å². The summed E-state index contributed by atoms with van der Waals surface area (Å²) in [6.07, 6.45) is 1.08. The number of hydrogen-bond donors (Lipinski definition) is 3. The fourth-order valence-electron chi connectivity index (χ4n) is 1.86. The number of anilines is 2. The molecule has 24 heavy (non-hydrogen) atoms. The number of rotatable bonds is 8. The summed E-state index contributed by atoms with van der Waals surface area (Å²) in [6.45, 7) is 1.98. The lowest BCUT2D eigenvalue weighted by Gasteiger charge is -2.10. The minimum absolute atomic E-state index is 0.116. The number of benzene rings is 1. The van der Waals surface area contributed by atoms with Crippen LogP contribution < -0.4 is 20.1 Å². The van der Waals surface area contributed by atoms with Crippen LogP contribution in [-0.2, 0) is 4.79 Å². The van der Waals surface area contributed by atoms with Crippen LogP contribution in [-0.4, -0.2) is 42.4 Å². The first-order valence-corrected chi connectivity index (χ1v) is 7.51. The molecule has 7 heteroatoms. The minimum atomic E-state index is -0.458. The van der Waals surface area contributed by atoms with Gasteiger partial charge in [-0.2, -0.15) is 0 Å². The van der Waals surface area contributed by atoms with Crippen molar-refractivity contribution >= 4 is 17.4 Å². The summed E-state index contributed by atoms with van der Waals surface area (Å²) in [5.41, 5.74) is 0.567. The van der Waals surface area contributed by atoms with Crippen molar-refractivity contribution < 1.29 is 19.4 Å². The Kier molecular flexibility index (Phi) is 6.39. The van der Waals surface area contributed by atoms with Crippen molar-refractivity contribution in [2.24, 2.45) is 0 Å². The fraction of sp³-hybridized carbons (Fsp3) is 0.294. The van der Waals surface area contributed by atoms with Crippen LogP contribution in [0.15, 0.2) is 42.6 Å². The molecule has 0 spiro atoms. The van der Waals surface area contributed by atoms with Crippen molar-refractivity contribution in [3.8, 4) is 11.5 Å². The highest BCUT2D eigenvalue weighted by atomic mass is 16.5. The van der Waals surface area contributed by atoms with Crippen LogP contribution in [0.3, 0.4) is 0 Å². The van der Waals surface area contributed by atoms with Gasteiger partial charge < -0.3 is 25.2 Å². The van der Waals surface area contributed by atoms with E-state index in [9.17, 15) is 9.90 Å². The molecule has 0 fully saturated rings. The first kappa shape index (κ1) is 17.6. The zero-order chi connectivity index (χ0) is 17.4. The third-order valence-corrected chi connectivity index (χ3v) is 3.04. The summed E-state index contributed by atoms with van der Waals surface area (Å²) in [5, 5.41) is 14.9. The summed E-state index contributed by atoms with van der Waals surface area (Å²) in [6, 6.07) is 10.5. The predicted molar refractivity (Wildman–Crippen MR) is 91.5 cm³/mol. The molecule has 1 heterocycles. The maximum atomic E-state index is 11.9. The maximum absolute atomic E-state index is 11.9. The molecule has 0 radical (unpaired) electrons. The lowest BCUT2D eigenvalue weighted by Crippen LogP contribution is -2.20. The van der Waals surface area contributed by atoms with Gasteiger partial charge in [-0.05, 0) is 31.2 Å². The third kappa shape index (κ3) is 5.77. The minimum Gasteiger partial charge on any atom is -0.497 e. The summed E-state index contributed by atoms with van der Waals surface area (Å²) >= 11 is 0. The van der Waals surface area contributed by atoms with E-state index in [0.29, 0.717) is 29.5 Å². The molecule has 2 rings (SSSR count). The Labute approximate surface area is 140 Å². The van der Waals surface area contributed by atoms with Gasteiger partial charge in [0.2, 0.25) is 0 Å². The van der Waals surface area contributed by atoms with E-state index in [1.807, 2.05) is 0 Å². The molecule has 1 amide bonds. The molecule has 2 aromatic rings. The molecule has 1 unspecified atom stereocenters. The molecule has 0 aliphatic heterocycles. The average molecular weight is 331 g/mol. The van der Waals surface area contributed by atoms with Crippen LogP contribution in [0.2, 0.25) is 0 Å². The number of aliphatic hydroxyl groups is 1. The van der Waals surface area contributed by atoms with E-state index in [1.54, 1.807) is 50.4 Å². The summed E-state index contributed by atoms with van der Waals surface area (Å²) in [7, 11) is 1.57. The van der Waals surface area contributed by atoms with Gasteiger partial charge in [0, 0.05) is 12.6 Å². The maximum Gasteiger partial charge on any atom is 0.262 e. The van der Waals surface area contributed by atoms with E-state index in [1.165, 1.54) is 6.20 Å². The molecule has 1 aromatic heterocycles. The number of aromatic nitrogens is 1. The third-order valence-electron chi connectivity index (χ3n) is 3.04. The van der Waals surface area contributed by atoms with Crippen LogP contribution in [0, 0.1) is 0 Å². The lowest BCUT2D eigenvalue weighted by atomic mass is 10.3. The summed E-state index contributed by atoms with van der Waals surface area (Å²) < 4.78 is 10.5. The number of carbonyl (C=O) groups is 1. The predicted octanol–water partition coefficient (Wildman–Crippen LogP) is 1.90. The van der Waals surface area contributed by atoms with Gasteiger partial charge in [0.15, 0.2) is 6.61 Å². The highest BCUT2D eigenvalue weighted by Gasteiger charge is 2.05. The van der Waals surface area contributed by atoms with Gasteiger partial charge in [0.05, 0.1) is 25.1 Å². The number of ether oxygens (including phenoxy) is 2. The molecule has 0 aliphatic carbocycles. The number of pyridine rings is 1. The molecular formula is C17H21N3O4. The largest absolute Gasteiger partial charge is 0.497 e. The van der Waals surface area contributed by atoms with E-state index < -0.39 is 6.10 Å². The van der Waals surface area contributed by atoms with Gasteiger partial charge in [-0.25, -0.2) is 4.98 Å². The SMILES string of the molecule is COc1cccc(OCC(=O)Nc2ccc(NCC(C)O)nc2)c1. The highest BCUT2D eigenvalue weighted by molar-refractivity contribution is 5.91. The zero-order valence-electron chi connectivity index (χ0n) is 13.7. The van der Waals surface area contributed by atoms with Crippen molar-refractivity contribution in [2.45, 2.75) is 13.0 Å². The molecule has 3 N–H and O–H groups in total. The van der Waals surface area contributed by atoms with Gasteiger partial charge in [-0.15, -0.1) is 0 Å². The molecule has 0 bridgehead atoms. The zero-order valence-corrected chi connectivity index (χ0v) is 13.7. The standard InChI is InChI=1S/C17H21N3O4/c1-12(21)9-18-16-7-6-13(10-19-16)20-17(22)11-24-15-5-3-4-14(8-15)23-2/h3-8,10,12,21H,9,11H2,1-2H3,(H,18,19)(H,20,22). The topological polar surface area (TPSA) is 92.7 Å². The monoisotopic (exact) mass is 331 g/mol. The fourth-order valence-corrected chi connectivity index (χ4v) is 1.86. The quantitative estimate of drug-likeness (QED) is 0.684. The second-order valence-corrected chi connectivity index (χ2v) is 5.18. The molecule has 1 aromatic carbocycles. The number of nitrogens with one attached hydrogen (secondary N) is 2. The highest BCUT2D eigenvalue weighted by Crippen LogP contribution is 2.18. The van der Waals surface area contributed by atoms with Crippen molar-refractivity contribution in [3.63, 3.8) is 0 Å². The number of nitrogens with zero attached hydrogens (tertiary/aromatic N) is 1. The van der Waals surface area contributed by atoms with Crippen molar-refractivity contribution in [3.05, 3.63) is 42.6 Å². The molecule has 0 saturated heterocycles. The second kappa shape index (κ2) is 8.73. The Hall–Kier alpha value is -2.80. The summed E-state index contributed by atoms with van der Waals surface area (Å²) in [4.78, 5) is 16.0. The number of hydrogen-bond acceptors (Lipinski definition) is 6. The van der Waals surface area contributed by atoms with Gasteiger partial charge in [-0.1, -0.05) is 6.07 Å². The van der Waals surface area contributed by atoms with Crippen LogP contribution in [0.1, 0.15) is 6.92 Å². The Balaban J connectivity index is 1.81. The van der Waals surface area contributed by atoms with E-state index in [0.717, 1.165) is 0 Å². The van der Waals surface area contributed by atoms with E-state index in [4.69, 9.17) is 9.47 Å². The molecule has 128 valence electrons. The number of carbonyl (C=O) groups excluding carboxylic acids is 1. The smallest absolute Gasteiger partial charge is 0.262 e. The van der Waals surface area contributed by atoms with Crippen molar-refractivity contribution in [1.29, 1.82) is 0 Å². The van der Waals surface area contributed by atoms with Crippen LogP contribution >= 0.6 is 0 Å². The van der Waals surface area contributed by atoms with E-state index in [2.05, 4.69) is 15.6 Å². The Bertz CT molecular complexity index is 659. The first-order valence-electron chi connectivity index (χ1n) is 7.51. The Morgan fingerprint density at radius 1 is 1.29 bits per heavy atom. The Morgan fingerprint density at radius 2 is 2.08 bits per heavy atom. The average Bonchev–Trinajstić information content (AvgIpc) is 2.59. The van der Waals surface area contributed by atoms with Crippen LogP contribution in [0.25, 0.3) is 0 Å². The summed E-state index contributed by atoms with van der Waals surface area (Å²) in [5.74, 6) is 1.56. The Morgan fingerprint density at radius 3 is 2.75 bits per heavy atom. The van der Waals surface area contributed by atoms with Crippen LogP contribution in [0.4, 0.5) is 11.5 Å². The van der Waals surface area contributed by atoms with E-state index >= 15 is 0 Å². The molecule has 0 saturated carbocycles. The molecular weight excluding hydrogens is 310 g/mol. The number of methoxy groups -OCH3 is 1. The number of aliphatic hydroxyl groups excluding tert-OH is 1. The normalized spacial score (nSPS) is 11.5. The second-order valence-electron chi connectivity index (χ2n) is 5.18. The molecule has 1 atom stereocenters. The van der Waals surface area contributed by atoms with Crippen molar-refractivity contribution in [2.75, 3.05) is 30.9 Å². The van der Waals surface area contributed by atoms with Crippen molar-refractivity contribution in [1.82, 2.24) is 4.98 Å². The first-order chi connectivity index (χ1) is 11.6. The number of amides is 1. The van der Waals surface area contributed by atoms with Gasteiger partial charge in [0.25, 0.3) is 5.91 Å². The van der Waals surface area contributed by atoms with Gasteiger partial charge >= 0.3 is 0 Å². The van der Waals surface area contributed by atoms with Crippen LogP contribution in [0.5, 0.6) is 11.5 Å². The molecule has 0 aliphatic rings. The van der Waals surface area contributed by atoms with Gasteiger partial charge in [0.1, 0.15) is 17.3 Å². The molecule has 7 nitrogen and oxygen atoms in total. The van der Waals surface area contributed by atoms with E-state index in [-0.39, 0.29) is 12.5 Å².